The van der Waals surface area contributed by atoms with Gasteiger partial charge in [-0.15, -0.1) is 0 Å². The molecule has 1 aliphatic heterocycles. The lowest BCUT2D eigenvalue weighted by atomic mass is 10.1. The molecule has 1 fully saturated rings. The fraction of sp³-hybridized carbons (Fsp3) is 0.733. The van der Waals surface area contributed by atoms with Crippen molar-refractivity contribution >= 4 is 23.4 Å². The highest BCUT2D eigenvalue weighted by Crippen LogP contribution is 2.23. The van der Waals surface area contributed by atoms with Crippen molar-refractivity contribution in [2.75, 3.05) is 19.6 Å². The van der Waals surface area contributed by atoms with Gasteiger partial charge in [0, 0.05) is 19.1 Å². The maximum absolute atomic E-state index is 5.57. The van der Waals surface area contributed by atoms with Gasteiger partial charge in [-0.3, -0.25) is 4.57 Å². The zero-order valence-corrected chi connectivity index (χ0v) is 14.0. The molecule has 3 heterocycles. The van der Waals surface area contributed by atoms with E-state index in [-0.39, 0.29) is 0 Å². The molecule has 0 bridgehead atoms. The fourth-order valence-corrected chi connectivity index (χ4v) is 3.82. The van der Waals surface area contributed by atoms with Crippen LogP contribution < -0.4 is 0 Å². The van der Waals surface area contributed by atoms with Gasteiger partial charge in [-0.25, -0.2) is 4.68 Å². The zero-order chi connectivity index (χ0) is 15.0. The molecule has 1 unspecified atom stereocenters. The first-order chi connectivity index (χ1) is 10.1. The van der Waals surface area contributed by atoms with Gasteiger partial charge in [0.1, 0.15) is 5.52 Å². The molecular weight excluding hydrogens is 282 g/mol. The van der Waals surface area contributed by atoms with E-state index < -0.39 is 0 Å². The first kappa shape index (κ1) is 14.8. The monoisotopic (exact) mass is 307 g/mol. The number of likely N-dealkylation sites (tertiary alicyclic amines) is 1. The number of aromatic amines is 1. The normalized spacial score (nSPS) is 18.4. The van der Waals surface area contributed by atoms with Crippen molar-refractivity contribution in [3.05, 3.63) is 10.5 Å². The number of piperidine rings is 1. The summed E-state index contributed by atoms with van der Waals surface area (Å²) in [5.41, 5.74) is 3.26. The topological polar surface area (TPSA) is 41.8 Å². The molecule has 0 saturated carbocycles. The van der Waals surface area contributed by atoms with E-state index in [0.29, 0.717) is 6.04 Å². The van der Waals surface area contributed by atoms with Crippen LogP contribution in [0.2, 0.25) is 0 Å². The average molecular weight is 307 g/mol. The Labute approximate surface area is 130 Å². The van der Waals surface area contributed by atoms with Gasteiger partial charge in [0.15, 0.2) is 10.4 Å². The summed E-state index contributed by atoms with van der Waals surface area (Å²) in [6, 6.07) is 0.366. The second-order valence-corrected chi connectivity index (χ2v) is 6.50. The van der Waals surface area contributed by atoms with Crippen LogP contribution in [0.4, 0.5) is 0 Å². The molecule has 0 aromatic carbocycles. The van der Waals surface area contributed by atoms with Crippen LogP contribution in [0.3, 0.4) is 0 Å². The van der Waals surface area contributed by atoms with Crippen LogP contribution in [0.1, 0.15) is 44.8 Å². The molecule has 21 heavy (non-hydrogen) atoms. The second kappa shape index (κ2) is 5.93. The summed E-state index contributed by atoms with van der Waals surface area (Å²) in [5, 5.41) is 4.60. The third kappa shape index (κ3) is 2.66. The standard InChI is InChI=1S/C15H25N5S/c1-4-19-14-13(12(3)17-19)16-15(21)20(14)11(2)10-18-8-6-5-7-9-18/h11H,4-10H2,1-3H3,(H,16,21). The van der Waals surface area contributed by atoms with Crippen LogP contribution in [-0.2, 0) is 6.54 Å². The van der Waals surface area contributed by atoms with Gasteiger partial charge in [-0.1, -0.05) is 6.42 Å². The molecule has 0 spiro atoms. The molecule has 0 radical (unpaired) electrons. The number of nitrogens with zero attached hydrogens (tertiary/aromatic N) is 4. The van der Waals surface area contributed by atoms with Gasteiger partial charge in [0.25, 0.3) is 0 Å². The summed E-state index contributed by atoms with van der Waals surface area (Å²) >= 11 is 5.57. The number of hydrogen-bond acceptors (Lipinski definition) is 3. The minimum atomic E-state index is 0.366. The molecule has 2 aromatic heterocycles. The van der Waals surface area contributed by atoms with Crippen molar-refractivity contribution in [3.63, 3.8) is 0 Å². The summed E-state index contributed by atoms with van der Waals surface area (Å²) in [6.45, 7) is 10.8. The van der Waals surface area contributed by atoms with Gasteiger partial charge in [0.2, 0.25) is 0 Å². The molecular formula is C15H25N5S. The number of aryl methyl sites for hydroxylation is 2. The fourth-order valence-electron chi connectivity index (χ4n) is 3.45. The van der Waals surface area contributed by atoms with E-state index in [9.17, 15) is 0 Å². The smallest absolute Gasteiger partial charge is 0.179 e. The first-order valence-electron chi connectivity index (χ1n) is 8.01. The molecule has 1 N–H and O–H groups in total. The Hall–Kier alpha value is -1.14. The second-order valence-electron chi connectivity index (χ2n) is 6.11. The number of aromatic nitrogens is 4. The van der Waals surface area contributed by atoms with Crippen molar-refractivity contribution < 1.29 is 0 Å². The maximum Gasteiger partial charge on any atom is 0.179 e. The highest BCUT2D eigenvalue weighted by molar-refractivity contribution is 7.71. The number of imidazole rings is 1. The Morgan fingerprint density at radius 3 is 2.67 bits per heavy atom. The molecule has 116 valence electrons. The van der Waals surface area contributed by atoms with E-state index in [1.807, 2.05) is 6.92 Å². The zero-order valence-electron chi connectivity index (χ0n) is 13.2. The Kier molecular flexibility index (Phi) is 4.17. The van der Waals surface area contributed by atoms with Gasteiger partial charge in [-0.2, -0.15) is 5.10 Å². The largest absolute Gasteiger partial charge is 0.328 e. The molecule has 6 heteroatoms. The highest BCUT2D eigenvalue weighted by atomic mass is 32.1. The molecule has 1 saturated heterocycles. The minimum absolute atomic E-state index is 0.366. The maximum atomic E-state index is 5.57. The van der Waals surface area contributed by atoms with Crippen LogP contribution in [0.25, 0.3) is 11.2 Å². The van der Waals surface area contributed by atoms with Crippen LogP contribution in [-0.4, -0.2) is 43.9 Å². The lowest BCUT2D eigenvalue weighted by Crippen LogP contribution is -2.34. The number of hydrogen-bond donors (Lipinski definition) is 1. The minimum Gasteiger partial charge on any atom is -0.328 e. The number of rotatable bonds is 4. The van der Waals surface area contributed by atoms with E-state index >= 15 is 0 Å². The molecule has 2 aromatic rings. The third-order valence-electron chi connectivity index (χ3n) is 4.49. The molecule has 3 rings (SSSR count). The Morgan fingerprint density at radius 1 is 1.29 bits per heavy atom. The average Bonchev–Trinajstić information content (AvgIpc) is 2.96. The summed E-state index contributed by atoms with van der Waals surface area (Å²) in [5.74, 6) is 0. The molecule has 1 atom stereocenters. The highest BCUT2D eigenvalue weighted by Gasteiger charge is 2.20. The van der Waals surface area contributed by atoms with Gasteiger partial charge in [0.05, 0.1) is 5.69 Å². The number of fused-ring (bicyclic) bond motifs is 1. The van der Waals surface area contributed by atoms with E-state index in [1.54, 1.807) is 0 Å². The van der Waals surface area contributed by atoms with E-state index in [4.69, 9.17) is 12.2 Å². The molecule has 0 aliphatic carbocycles. The Bertz CT molecular complexity index is 674. The van der Waals surface area contributed by atoms with Crippen molar-refractivity contribution in [3.8, 4) is 0 Å². The van der Waals surface area contributed by atoms with Crippen molar-refractivity contribution in [2.45, 2.75) is 52.6 Å². The molecule has 5 nitrogen and oxygen atoms in total. The lowest BCUT2D eigenvalue weighted by Gasteiger charge is -2.29. The summed E-state index contributed by atoms with van der Waals surface area (Å²) < 4.78 is 5.13. The van der Waals surface area contributed by atoms with Gasteiger partial charge in [-0.05, 0) is 58.9 Å². The predicted octanol–water partition coefficient (Wildman–Crippen LogP) is 3.27. The van der Waals surface area contributed by atoms with Crippen molar-refractivity contribution in [2.24, 2.45) is 0 Å². The molecule has 0 amide bonds. The summed E-state index contributed by atoms with van der Waals surface area (Å²) in [6.07, 6.45) is 4.03. The third-order valence-corrected chi connectivity index (χ3v) is 4.79. The van der Waals surface area contributed by atoms with Crippen LogP contribution in [0.5, 0.6) is 0 Å². The first-order valence-corrected chi connectivity index (χ1v) is 8.42. The van der Waals surface area contributed by atoms with Crippen molar-refractivity contribution in [1.29, 1.82) is 0 Å². The number of H-pyrrole nitrogens is 1. The lowest BCUT2D eigenvalue weighted by molar-refractivity contribution is 0.202. The summed E-state index contributed by atoms with van der Waals surface area (Å²) in [4.78, 5) is 5.91. The van der Waals surface area contributed by atoms with E-state index in [0.717, 1.165) is 34.7 Å². The van der Waals surface area contributed by atoms with Crippen LogP contribution in [0, 0.1) is 11.7 Å². The Morgan fingerprint density at radius 2 is 2.00 bits per heavy atom. The predicted molar refractivity (Wildman–Crippen MR) is 88.3 cm³/mol. The quantitative estimate of drug-likeness (QED) is 0.882. The van der Waals surface area contributed by atoms with Gasteiger partial charge >= 0.3 is 0 Å². The van der Waals surface area contributed by atoms with Crippen molar-refractivity contribution in [1.82, 2.24) is 24.2 Å². The molecule has 1 aliphatic rings. The number of nitrogens with one attached hydrogen (secondary N) is 1. The van der Waals surface area contributed by atoms with E-state index in [1.165, 1.54) is 32.4 Å². The SMILES string of the molecule is CCn1nc(C)c2[nH]c(=S)n(C(C)CN3CCCCC3)c21. The Balaban J connectivity index is 1.94. The van der Waals surface area contributed by atoms with Crippen LogP contribution in [0.15, 0.2) is 0 Å². The van der Waals surface area contributed by atoms with E-state index in [2.05, 4.69) is 38.1 Å². The van der Waals surface area contributed by atoms with Gasteiger partial charge < -0.3 is 9.88 Å². The summed E-state index contributed by atoms with van der Waals surface area (Å²) in [7, 11) is 0. The van der Waals surface area contributed by atoms with Crippen LogP contribution >= 0.6 is 12.2 Å².